The Morgan fingerprint density at radius 3 is 2.60 bits per heavy atom. The Balaban J connectivity index is 0.00000207. The number of hydrogen-bond acceptors (Lipinski definition) is 11. The zero-order chi connectivity index (χ0) is 31.1. The van der Waals surface area contributed by atoms with Crippen molar-refractivity contribution < 1.29 is 34.1 Å². The minimum atomic E-state index is -1.41. The van der Waals surface area contributed by atoms with Crippen LogP contribution in [0.4, 0.5) is 10.6 Å². The summed E-state index contributed by atoms with van der Waals surface area (Å²) in [5.74, 6) is 0.333. The number of fused-ring (bicyclic) bond motifs is 1. The predicted molar refractivity (Wildman–Crippen MR) is 155 cm³/mol. The fourth-order valence-corrected chi connectivity index (χ4v) is 5.68. The summed E-state index contributed by atoms with van der Waals surface area (Å²) < 4.78 is 12.6. The number of imidazole rings is 1. The van der Waals surface area contributed by atoms with Gasteiger partial charge < -0.3 is 41.0 Å². The van der Waals surface area contributed by atoms with Crippen molar-refractivity contribution in [1.82, 2.24) is 35.1 Å². The third kappa shape index (κ3) is 7.33. The van der Waals surface area contributed by atoms with Gasteiger partial charge in [0.25, 0.3) is 5.91 Å². The number of aliphatic hydroxyl groups excluding tert-OH is 2. The summed E-state index contributed by atoms with van der Waals surface area (Å²) in [6.45, 7) is 8.09. The molecule has 2 aromatic rings. The normalized spacial score (nSPS) is 25.7. The highest BCUT2D eigenvalue weighted by Gasteiger charge is 2.47. The lowest BCUT2D eigenvalue weighted by Gasteiger charge is -2.31. The molecule has 3 aliphatic heterocycles. The van der Waals surface area contributed by atoms with Crippen LogP contribution in [0.1, 0.15) is 64.9 Å². The lowest BCUT2D eigenvalue weighted by Crippen LogP contribution is -2.42. The number of ether oxygens (including phenoxy) is 2. The van der Waals surface area contributed by atoms with Crippen molar-refractivity contribution in [2.75, 3.05) is 38.5 Å². The molecule has 0 bridgehead atoms. The molecule has 5 rings (SSSR count). The molecular weight excluding hydrogens is 560 g/mol. The number of aliphatic hydroxyl groups is 2. The van der Waals surface area contributed by atoms with Gasteiger partial charge in [0.2, 0.25) is 5.91 Å². The summed E-state index contributed by atoms with van der Waals surface area (Å²) in [5, 5.41) is 26.4. The van der Waals surface area contributed by atoms with E-state index in [-0.39, 0.29) is 30.3 Å². The van der Waals surface area contributed by atoms with Gasteiger partial charge in [0.1, 0.15) is 30.2 Å². The quantitative estimate of drug-likeness (QED) is 0.266. The highest BCUT2D eigenvalue weighted by molar-refractivity contribution is 5.83. The number of amides is 3. The molecule has 6 N–H and O–H groups in total. The van der Waals surface area contributed by atoms with Crippen LogP contribution in [-0.2, 0) is 25.5 Å². The predicted octanol–water partition coefficient (Wildman–Crippen LogP) is 0.497. The monoisotopic (exact) mass is 604 g/mol. The van der Waals surface area contributed by atoms with Gasteiger partial charge in [-0.05, 0) is 44.9 Å². The Morgan fingerprint density at radius 2 is 1.93 bits per heavy atom. The number of piperidine rings is 1. The SMILES string of the molecule is CC.CCNC(=O)[C@H]1O[C@@H](n2cnc3c(N)nc(CCCC4CCN(C(=O)OCC5CCNC5=O)CC4)nc32)C(O)[C@H]1O. The molecule has 0 radical (unpaired) electrons. The highest BCUT2D eigenvalue weighted by atomic mass is 16.6. The Morgan fingerprint density at radius 1 is 1.19 bits per heavy atom. The summed E-state index contributed by atoms with van der Waals surface area (Å²) in [4.78, 5) is 51.3. The van der Waals surface area contributed by atoms with Crippen molar-refractivity contribution in [3.63, 3.8) is 0 Å². The van der Waals surface area contributed by atoms with Gasteiger partial charge in [-0.25, -0.2) is 19.7 Å². The van der Waals surface area contributed by atoms with Gasteiger partial charge in [-0.15, -0.1) is 0 Å². The second kappa shape index (κ2) is 14.8. The maximum atomic E-state index is 12.4. The van der Waals surface area contributed by atoms with Gasteiger partial charge in [-0.2, -0.15) is 0 Å². The lowest BCUT2D eigenvalue weighted by molar-refractivity contribution is -0.137. The van der Waals surface area contributed by atoms with Crippen LogP contribution in [0.3, 0.4) is 0 Å². The highest BCUT2D eigenvalue weighted by Crippen LogP contribution is 2.32. The van der Waals surface area contributed by atoms with E-state index >= 15 is 0 Å². The van der Waals surface area contributed by atoms with Crippen molar-refractivity contribution in [2.24, 2.45) is 11.8 Å². The number of likely N-dealkylation sites (N-methyl/N-ethyl adjacent to an activating group) is 1. The molecule has 5 heterocycles. The molecule has 15 nitrogen and oxygen atoms in total. The number of hydrogen-bond donors (Lipinski definition) is 5. The molecule has 3 amide bonds. The number of nitrogens with one attached hydrogen (secondary N) is 2. The Hall–Kier alpha value is -3.56. The molecule has 0 saturated carbocycles. The van der Waals surface area contributed by atoms with Crippen LogP contribution in [0.2, 0.25) is 0 Å². The second-order valence-corrected chi connectivity index (χ2v) is 10.8. The standard InChI is InChI=1S/C26H38N8O7.C2H6/c1-2-28-24(38)20-18(35)19(36)25(41-20)34-13-30-17-21(27)31-16(32-22(17)34)5-3-4-14-7-10-33(11-8-14)26(39)40-12-15-6-9-29-23(15)37;1-2/h13-15,18-20,25,35-36H,2-12H2,1H3,(H,28,38)(H,29,37)(H2,27,31,32);1-2H3/t15?,18-,19?,20+,25-;/m1./s1. The van der Waals surface area contributed by atoms with E-state index in [1.165, 1.54) is 10.9 Å². The van der Waals surface area contributed by atoms with Gasteiger partial charge in [0.05, 0.1) is 12.2 Å². The zero-order valence-electron chi connectivity index (χ0n) is 25.1. The van der Waals surface area contributed by atoms with Gasteiger partial charge >= 0.3 is 6.09 Å². The summed E-state index contributed by atoms with van der Waals surface area (Å²) in [6, 6.07) is 0. The maximum Gasteiger partial charge on any atom is 0.409 e. The largest absolute Gasteiger partial charge is 0.449 e. The summed E-state index contributed by atoms with van der Waals surface area (Å²) in [6.07, 6.45) is 0.674. The molecular formula is C28H44N8O7. The Kier molecular flexibility index (Phi) is 11.1. The van der Waals surface area contributed by atoms with E-state index in [4.69, 9.17) is 15.2 Å². The van der Waals surface area contributed by atoms with Crippen LogP contribution in [-0.4, -0.2) is 104 Å². The first-order valence-corrected chi connectivity index (χ1v) is 15.2. The van der Waals surface area contributed by atoms with Gasteiger partial charge in [0, 0.05) is 32.6 Å². The number of likely N-dealkylation sites (tertiary alicyclic amines) is 1. The first kappa shape index (κ1) is 32.4. The third-order valence-corrected chi connectivity index (χ3v) is 8.07. The first-order chi connectivity index (χ1) is 20.8. The minimum Gasteiger partial charge on any atom is -0.449 e. The van der Waals surface area contributed by atoms with Crippen molar-refractivity contribution in [3.8, 4) is 0 Å². The average Bonchev–Trinajstić information content (AvgIpc) is 3.70. The molecule has 3 saturated heterocycles. The number of rotatable bonds is 9. The fourth-order valence-electron chi connectivity index (χ4n) is 5.68. The number of aromatic nitrogens is 4. The van der Waals surface area contributed by atoms with Crippen LogP contribution in [0.15, 0.2) is 6.33 Å². The molecule has 0 spiro atoms. The molecule has 0 aliphatic carbocycles. The molecule has 3 aliphatic rings. The Labute approximate surface area is 250 Å². The van der Waals surface area contributed by atoms with Crippen LogP contribution in [0.5, 0.6) is 0 Å². The molecule has 2 aromatic heterocycles. The van der Waals surface area contributed by atoms with Crippen molar-refractivity contribution >= 4 is 34.9 Å². The van der Waals surface area contributed by atoms with E-state index in [2.05, 4.69) is 25.6 Å². The average molecular weight is 605 g/mol. The smallest absolute Gasteiger partial charge is 0.409 e. The summed E-state index contributed by atoms with van der Waals surface area (Å²) >= 11 is 0. The van der Waals surface area contributed by atoms with Crippen LogP contribution in [0, 0.1) is 11.8 Å². The molecule has 238 valence electrons. The molecule has 2 unspecified atom stereocenters. The van der Waals surface area contributed by atoms with E-state index in [9.17, 15) is 24.6 Å². The number of carbonyl (C=O) groups is 3. The van der Waals surface area contributed by atoms with E-state index in [0.717, 1.165) is 25.7 Å². The third-order valence-electron chi connectivity index (χ3n) is 8.07. The van der Waals surface area contributed by atoms with E-state index in [1.807, 2.05) is 13.8 Å². The number of nitrogen functional groups attached to an aromatic ring is 1. The number of nitrogens with zero attached hydrogens (tertiary/aromatic N) is 5. The van der Waals surface area contributed by atoms with Gasteiger partial charge in [0.15, 0.2) is 23.8 Å². The van der Waals surface area contributed by atoms with Crippen LogP contribution < -0.4 is 16.4 Å². The van der Waals surface area contributed by atoms with E-state index in [0.29, 0.717) is 61.9 Å². The lowest BCUT2D eigenvalue weighted by atomic mass is 9.91. The Bertz CT molecular complexity index is 1270. The van der Waals surface area contributed by atoms with Crippen molar-refractivity contribution in [2.45, 2.75) is 83.8 Å². The molecule has 3 fully saturated rings. The molecule has 0 aromatic carbocycles. The van der Waals surface area contributed by atoms with E-state index < -0.39 is 30.4 Å². The molecule has 5 atom stereocenters. The van der Waals surface area contributed by atoms with Crippen molar-refractivity contribution in [1.29, 1.82) is 0 Å². The number of carbonyl (C=O) groups excluding carboxylic acids is 3. The maximum absolute atomic E-state index is 12.4. The van der Waals surface area contributed by atoms with Crippen LogP contribution >= 0.6 is 0 Å². The first-order valence-electron chi connectivity index (χ1n) is 15.2. The van der Waals surface area contributed by atoms with Crippen LogP contribution in [0.25, 0.3) is 11.2 Å². The number of aryl methyl sites for hydroxylation is 1. The fraction of sp³-hybridized carbons (Fsp3) is 0.714. The number of anilines is 1. The van der Waals surface area contributed by atoms with Gasteiger partial charge in [-0.3, -0.25) is 14.2 Å². The minimum absolute atomic E-state index is 0.0563. The summed E-state index contributed by atoms with van der Waals surface area (Å²) in [7, 11) is 0. The molecule has 15 heteroatoms. The van der Waals surface area contributed by atoms with Crippen molar-refractivity contribution in [3.05, 3.63) is 12.2 Å². The van der Waals surface area contributed by atoms with E-state index in [1.54, 1.807) is 11.8 Å². The summed E-state index contributed by atoms with van der Waals surface area (Å²) in [5.41, 5.74) is 6.85. The second-order valence-electron chi connectivity index (χ2n) is 10.8. The number of nitrogens with two attached hydrogens (primary N) is 1. The zero-order valence-corrected chi connectivity index (χ0v) is 25.1. The van der Waals surface area contributed by atoms with Gasteiger partial charge in [-0.1, -0.05) is 13.8 Å². The molecule has 43 heavy (non-hydrogen) atoms. The topological polar surface area (TPSA) is 207 Å².